The van der Waals surface area contributed by atoms with Crippen molar-refractivity contribution in [3.8, 4) is 28.6 Å². The molecule has 84 heavy (non-hydrogen) atoms. The minimum Gasteiger partial charge on any atom is -0.236 e. The van der Waals surface area contributed by atoms with Gasteiger partial charge in [-0.1, -0.05) is 175 Å². The van der Waals surface area contributed by atoms with Gasteiger partial charge in [-0.05, 0) is 227 Å². The molecule has 3 radical (unpaired) electrons. The van der Waals surface area contributed by atoms with Crippen molar-refractivity contribution in [2.75, 3.05) is 0 Å². The largest absolute Gasteiger partial charge is 0.236 e. The van der Waals surface area contributed by atoms with E-state index in [0.717, 1.165) is 99.2 Å². The van der Waals surface area contributed by atoms with Crippen molar-refractivity contribution in [1.29, 1.82) is 5.26 Å². The molecule has 0 amide bonds. The number of nitrogens with zero attached hydrogens (tertiary/aromatic N) is 3. The van der Waals surface area contributed by atoms with Crippen molar-refractivity contribution < 1.29 is 103 Å². The van der Waals surface area contributed by atoms with Crippen molar-refractivity contribution in [1.82, 2.24) is 9.97 Å². The molecule has 451 valence electrons. The van der Waals surface area contributed by atoms with Crippen molar-refractivity contribution in [2.45, 2.75) is 248 Å². The molecule has 7 aliphatic carbocycles. The first-order valence-electron chi connectivity index (χ1n) is 34.2. The van der Waals surface area contributed by atoms with Crippen LogP contribution in [0, 0.1) is 146 Å². The van der Waals surface area contributed by atoms with Crippen LogP contribution in [0.3, 0.4) is 0 Å². The minimum absolute atomic E-state index is 0. The number of rotatable bonds is 12. The van der Waals surface area contributed by atoms with Crippen LogP contribution in [-0.2, 0) is 105 Å². The fourth-order valence-electron chi connectivity index (χ4n) is 18.1. The SMILES string of the molecule is CC1CCC(C2CCC(CC3CCC(C4CC(C)C(C#N)C(C)C4)CC3)CC2)CC1.Cc1[c-]c(C)cc(CC2CCC(CC3CCC(CC4CCC(C)CC4)CC3)CC2)c1.Cc1cnc(-c2ccc(-c3ccc(F)c(C)c3)cc2)nc1.[Y].[Y].[Y]. The fraction of sp³-hybridized carbons (Fsp3) is 0.701. The molecule has 7 aliphatic rings. The zero-order valence-corrected chi connectivity index (χ0v) is 62.8. The quantitative estimate of drug-likeness (QED) is 0.133. The van der Waals surface area contributed by atoms with Crippen molar-refractivity contribution >= 4 is 0 Å². The van der Waals surface area contributed by atoms with Crippen LogP contribution in [0.5, 0.6) is 0 Å². The van der Waals surface area contributed by atoms with Gasteiger partial charge in [-0.25, -0.2) is 14.4 Å². The van der Waals surface area contributed by atoms with Gasteiger partial charge in [0.05, 0.1) is 12.0 Å². The smallest absolute Gasteiger partial charge is 0.159 e. The molecule has 4 aromatic rings. The monoisotopic (exact) mass is 1360 g/mol. The first kappa shape index (κ1) is 72.5. The van der Waals surface area contributed by atoms with Gasteiger partial charge in [0.25, 0.3) is 0 Å². The number of aromatic nitrogens is 2. The second-order valence-corrected chi connectivity index (χ2v) is 29.7. The predicted octanol–water partition coefficient (Wildman–Crippen LogP) is 22.1. The maximum Gasteiger partial charge on any atom is 0.159 e. The van der Waals surface area contributed by atoms with E-state index in [1.54, 1.807) is 102 Å². The third-order valence-electron chi connectivity index (χ3n) is 23.1. The van der Waals surface area contributed by atoms with Crippen molar-refractivity contribution in [3.05, 3.63) is 107 Å². The third-order valence-corrected chi connectivity index (χ3v) is 23.1. The predicted molar refractivity (Wildman–Crippen MR) is 339 cm³/mol. The molecule has 0 bridgehead atoms. The van der Waals surface area contributed by atoms with Crippen molar-refractivity contribution in [2.24, 2.45) is 94.7 Å². The number of aryl methyl sites for hydroxylation is 4. The Labute approximate surface area is 589 Å². The molecule has 3 nitrogen and oxygen atoms in total. The summed E-state index contributed by atoms with van der Waals surface area (Å²) in [5.41, 5.74) is 8.89. The normalized spacial score (nSPS) is 32.4. The Morgan fingerprint density at radius 2 is 0.810 bits per heavy atom. The molecular formula is C77H111FN3Y3-. The molecule has 7 fully saturated rings. The summed E-state index contributed by atoms with van der Waals surface area (Å²) in [7, 11) is 0. The zero-order chi connectivity index (χ0) is 56.8. The summed E-state index contributed by atoms with van der Waals surface area (Å²) >= 11 is 0. The Kier molecular flexibility index (Phi) is 31.5. The van der Waals surface area contributed by atoms with E-state index in [1.165, 1.54) is 139 Å². The summed E-state index contributed by atoms with van der Waals surface area (Å²) in [4.78, 5) is 8.63. The summed E-state index contributed by atoms with van der Waals surface area (Å²) in [6.07, 6.45) is 48.7. The number of halogens is 1. The summed E-state index contributed by atoms with van der Waals surface area (Å²) in [5.74, 6) is 15.4. The van der Waals surface area contributed by atoms with E-state index in [2.05, 4.69) is 75.8 Å². The second kappa shape index (κ2) is 36.5. The van der Waals surface area contributed by atoms with Gasteiger partial charge in [-0.3, -0.25) is 0 Å². The van der Waals surface area contributed by atoms with E-state index in [4.69, 9.17) is 0 Å². The van der Waals surface area contributed by atoms with Gasteiger partial charge in [-0.15, -0.1) is 0 Å². The second-order valence-electron chi connectivity index (χ2n) is 29.7. The minimum atomic E-state index is -0.177. The van der Waals surface area contributed by atoms with Crippen LogP contribution in [0.2, 0.25) is 0 Å². The Morgan fingerprint density at radius 1 is 0.452 bits per heavy atom. The van der Waals surface area contributed by atoms with Gasteiger partial charge in [0.15, 0.2) is 5.82 Å². The molecule has 0 saturated heterocycles. The van der Waals surface area contributed by atoms with Crippen LogP contribution in [0.25, 0.3) is 22.5 Å². The molecule has 0 aliphatic heterocycles. The van der Waals surface area contributed by atoms with Crippen molar-refractivity contribution in [3.63, 3.8) is 0 Å². The van der Waals surface area contributed by atoms with Gasteiger partial charge in [0, 0.05) is 116 Å². The van der Waals surface area contributed by atoms with Crippen LogP contribution in [0.15, 0.2) is 67.0 Å². The molecular weight excluding hydrogens is 1250 g/mol. The third kappa shape index (κ3) is 22.1. The van der Waals surface area contributed by atoms with Gasteiger partial charge >= 0.3 is 0 Å². The Hall–Kier alpha value is -0.528. The van der Waals surface area contributed by atoms with Gasteiger partial charge in [-0.2, -0.15) is 40.2 Å². The Balaban J connectivity index is 0.000000202. The first-order chi connectivity index (χ1) is 39.2. The molecule has 1 aromatic heterocycles. The van der Waals surface area contributed by atoms with Crippen LogP contribution in [-0.4, -0.2) is 9.97 Å². The van der Waals surface area contributed by atoms with Gasteiger partial charge in [0.1, 0.15) is 5.82 Å². The Bertz CT molecular complexity index is 2500. The van der Waals surface area contributed by atoms with E-state index in [-0.39, 0.29) is 104 Å². The molecule has 0 N–H and O–H groups in total. The number of hydrogen-bond donors (Lipinski definition) is 0. The number of nitriles is 1. The fourth-order valence-corrected chi connectivity index (χ4v) is 18.1. The summed E-state index contributed by atoms with van der Waals surface area (Å²) in [6, 6.07) is 23.9. The number of benzene rings is 3. The summed E-state index contributed by atoms with van der Waals surface area (Å²) < 4.78 is 13.3. The van der Waals surface area contributed by atoms with Crippen LogP contribution in [0.4, 0.5) is 4.39 Å². The molecule has 1 heterocycles. The average Bonchev–Trinajstić information content (AvgIpc) is 3.50. The molecule has 11 rings (SSSR count). The molecule has 7 heteroatoms. The maximum atomic E-state index is 13.3. The summed E-state index contributed by atoms with van der Waals surface area (Å²) in [5, 5.41) is 9.47. The van der Waals surface area contributed by atoms with E-state index >= 15 is 0 Å². The molecule has 7 saturated carbocycles. The first-order valence-corrected chi connectivity index (χ1v) is 34.2. The number of hydrogen-bond acceptors (Lipinski definition) is 3. The van der Waals surface area contributed by atoms with E-state index in [0.29, 0.717) is 29.1 Å². The molecule has 0 spiro atoms. The van der Waals surface area contributed by atoms with Crippen LogP contribution < -0.4 is 0 Å². The molecule has 2 unspecified atom stereocenters. The van der Waals surface area contributed by atoms with E-state index in [9.17, 15) is 9.65 Å². The molecule has 2 atom stereocenters. The zero-order valence-electron chi connectivity index (χ0n) is 54.3. The van der Waals surface area contributed by atoms with E-state index < -0.39 is 0 Å². The molecule has 3 aromatic carbocycles. The van der Waals surface area contributed by atoms with Gasteiger partial charge in [0.2, 0.25) is 0 Å². The summed E-state index contributed by atoms with van der Waals surface area (Å²) in [6.45, 7) is 17.7. The maximum absolute atomic E-state index is 13.3. The standard InChI is InChI=1S/C30H47.C29H49N.C18H15FN2.3Y/c1-22-4-6-25(7-5-22)19-26-8-10-27(11-9-26)20-28-12-14-29(15-13-28)21-30-17-23(2)16-24(3)18-30;1-20-4-10-25(11-5-20)26-12-6-23(7-13-26)18-24-8-14-27(15-9-24)28-16-21(2)29(19-30)22(3)17-28;1-12-10-20-18(21-11-12)15-5-3-14(4-6-15)16-7-8-17(19)13(2)9-16;;;/h17-18,22,25-29H,4-15,19-21H2,1-3H3;20-29H,4-18H2,1-3H3;3-11H,1-2H3;;;/q-1;;;;;. The van der Waals surface area contributed by atoms with E-state index in [1.807, 2.05) is 37.3 Å². The van der Waals surface area contributed by atoms with Gasteiger partial charge < -0.3 is 0 Å². The van der Waals surface area contributed by atoms with Crippen LogP contribution in [0.1, 0.15) is 242 Å². The van der Waals surface area contributed by atoms with Crippen LogP contribution >= 0.6 is 0 Å². The Morgan fingerprint density at radius 3 is 1.24 bits per heavy atom. The average molecular weight is 1360 g/mol. The topological polar surface area (TPSA) is 49.6 Å².